The van der Waals surface area contributed by atoms with E-state index in [2.05, 4.69) is 0 Å². The van der Waals surface area contributed by atoms with Crippen molar-refractivity contribution in [1.82, 2.24) is 0 Å². The number of allylic oxidation sites excluding steroid dienone is 1. The topological polar surface area (TPSA) is 138 Å². The first-order valence-corrected chi connectivity index (χ1v) is 11.0. The molecule has 0 aliphatic heterocycles. The summed E-state index contributed by atoms with van der Waals surface area (Å²) in [5, 5.41) is 59.8. The van der Waals surface area contributed by atoms with E-state index in [1.54, 1.807) is 26.8 Å². The number of hydrogen-bond donors (Lipinski definition) is 6. The Morgan fingerprint density at radius 2 is 0.844 bits per heavy atom. The second-order valence-corrected chi connectivity index (χ2v) is 8.90. The normalized spacial score (nSPS) is 21.9. The van der Waals surface area contributed by atoms with Crippen LogP contribution >= 0.6 is 0 Å². The Morgan fingerprint density at radius 3 is 1.12 bits per heavy atom. The van der Waals surface area contributed by atoms with Gasteiger partial charge in [-0.3, -0.25) is 0 Å². The second-order valence-electron chi connectivity index (χ2n) is 8.90. The number of aliphatic hydroxyl groups excluding tert-OH is 5. The molecule has 0 saturated heterocycles. The average Bonchev–Trinajstić information content (AvgIpc) is 2.74. The molecule has 0 unspecified atom stereocenters. The van der Waals surface area contributed by atoms with Crippen LogP contribution in [-0.4, -0.2) is 67.1 Å². The maximum absolute atomic E-state index is 10.8. The van der Waals surface area contributed by atoms with Gasteiger partial charge in [0.15, 0.2) is 6.10 Å². The van der Waals surface area contributed by atoms with Crippen molar-refractivity contribution in [2.75, 3.05) is 0 Å². The fourth-order valence-electron chi connectivity index (χ4n) is 3.61. The van der Waals surface area contributed by atoms with Crippen molar-refractivity contribution in [3.63, 3.8) is 0 Å². The highest BCUT2D eigenvalue weighted by Crippen LogP contribution is 2.23. The molecule has 32 heavy (non-hydrogen) atoms. The molecule has 184 valence electrons. The van der Waals surface area contributed by atoms with Crippen LogP contribution in [0, 0.1) is 17.8 Å². The molecular formula is C25H42O7. The molecule has 0 aliphatic carbocycles. The van der Waals surface area contributed by atoms with Crippen LogP contribution in [-0.2, 0) is 4.79 Å². The van der Waals surface area contributed by atoms with Crippen LogP contribution in [0.4, 0.5) is 0 Å². The Kier molecular flexibility index (Phi) is 12.9. The lowest BCUT2D eigenvalue weighted by Gasteiger charge is -2.24. The predicted molar refractivity (Wildman–Crippen MR) is 126 cm³/mol. The minimum atomic E-state index is -1.94. The van der Waals surface area contributed by atoms with Crippen molar-refractivity contribution in [3.05, 3.63) is 46.6 Å². The monoisotopic (exact) mass is 454 g/mol. The number of carboxylic acid groups (broad SMARTS) is 1. The minimum absolute atomic E-state index is 0.163. The molecule has 0 rings (SSSR count). The summed E-state index contributed by atoms with van der Waals surface area (Å²) in [5.41, 5.74) is 2.45. The molecule has 0 amide bonds. The minimum Gasteiger partial charge on any atom is -0.479 e. The van der Waals surface area contributed by atoms with E-state index >= 15 is 0 Å². The summed E-state index contributed by atoms with van der Waals surface area (Å²) < 4.78 is 0. The first-order chi connectivity index (χ1) is 14.6. The highest BCUT2D eigenvalue weighted by Gasteiger charge is 2.26. The van der Waals surface area contributed by atoms with Gasteiger partial charge in [0, 0.05) is 17.8 Å². The molecule has 0 fully saturated rings. The van der Waals surface area contributed by atoms with Crippen LogP contribution < -0.4 is 0 Å². The SMILES string of the molecule is C/C=C(\C)[C@H](O)[C@H](C)/C=C(\C)[C@H](O)[C@H](C)/C=C(\C)[C@H](O)[C@H](C)/C=C(\C)[C@H](O)[C@H](O)C(=O)O. The van der Waals surface area contributed by atoms with Gasteiger partial charge < -0.3 is 30.6 Å². The third-order valence-electron chi connectivity index (χ3n) is 5.94. The first-order valence-electron chi connectivity index (χ1n) is 11.0. The Morgan fingerprint density at radius 1 is 0.562 bits per heavy atom. The van der Waals surface area contributed by atoms with E-state index in [1.807, 2.05) is 39.8 Å². The molecule has 8 atom stereocenters. The summed E-state index contributed by atoms with van der Waals surface area (Å²) in [5.74, 6) is -2.44. The molecule has 0 aromatic heterocycles. The van der Waals surface area contributed by atoms with Crippen molar-refractivity contribution < 1.29 is 35.4 Å². The molecule has 0 aromatic carbocycles. The largest absolute Gasteiger partial charge is 0.479 e. The van der Waals surface area contributed by atoms with Crippen LogP contribution in [0.15, 0.2) is 46.6 Å². The summed E-state index contributed by atoms with van der Waals surface area (Å²) in [6.07, 6.45) is 1.16. The molecular weight excluding hydrogens is 412 g/mol. The highest BCUT2D eigenvalue weighted by molar-refractivity contribution is 5.73. The van der Waals surface area contributed by atoms with E-state index in [0.717, 1.165) is 11.1 Å². The van der Waals surface area contributed by atoms with Crippen molar-refractivity contribution in [1.29, 1.82) is 0 Å². The van der Waals surface area contributed by atoms with E-state index in [9.17, 15) is 30.3 Å². The van der Waals surface area contributed by atoms with Gasteiger partial charge in [-0.2, -0.15) is 0 Å². The number of carboxylic acids is 1. The standard InChI is InChI=1S/C25H42O7/c1-9-13(2)20(26)14(3)10-15(4)21(27)16(5)11-17(6)22(28)18(7)12-19(8)23(29)24(30)25(31)32/h9-12,14,16,18,20-24,26-30H,1-8H3,(H,31,32)/b13-9+,15-10+,17-11+,19-12+/t14-,16-,18-,20+,21+,22+,23+,24+/m1/s1. The maximum Gasteiger partial charge on any atom is 0.335 e. The maximum atomic E-state index is 10.8. The van der Waals surface area contributed by atoms with Crippen molar-refractivity contribution >= 4 is 5.97 Å². The Hall–Kier alpha value is -1.77. The smallest absolute Gasteiger partial charge is 0.335 e. The predicted octanol–water partition coefficient (Wildman–Crippen LogP) is 2.59. The Balaban J connectivity index is 5.35. The van der Waals surface area contributed by atoms with Crippen LogP contribution in [0.1, 0.15) is 55.4 Å². The average molecular weight is 455 g/mol. The zero-order valence-electron chi connectivity index (χ0n) is 20.5. The molecule has 0 heterocycles. The number of hydrogen-bond acceptors (Lipinski definition) is 6. The number of aliphatic hydroxyl groups is 5. The molecule has 0 radical (unpaired) electrons. The Labute approximate surface area is 192 Å². The van der Waals surface area contributed by atoms with E-state index in [4.69, 9.17) is 5.11 Å². The van der Waals surface area contributed by atoms with Crippen molar-refractivity contribution in [2.24, 2.45) is 17.8 Å². The third kappa shape index (κ3) is 9.00. The molecule has 6 N–H and O–H groups in total. The number of carbonyl (C=O) groups is 1. The summed E-state index contributed by atoms with van der Waals surface area (Å²) in [7, 11) is 0. The number of aliphatic carboxylic acids is 1. The zero-order valence-corrected chi connectivity index (χ0v) is 20.5. The van der Waals surface area contributed by atoms with Crippen LogP contribution in [0.2, 0.25) is 0 Å². The fourth-order valence-corrected chi connectivity index (χ4v) is 3.61. The lowest BCUT2D eigenvalue weighted by atomic mass is 9.88. The van der Waals surface area contributed by atoms with Gasteiger partial charge in [0.25, 0.3) is 0 Å². The molecule has 0 aromatic rings. The fraction of sp³-hybridized carbons (Fsp3) is 0.640. The lowest BCUT2D eigenvalue weighted by Crippen LogP contribution is -2.35. The first kappa shape index (κ1) is 30.2. The van der Waals surface area contributed by atoms with Crippen LogP contribution in [0.3, 0.4) is 0 Å². The molecule has 0 aliphatic rings. The zero-order chi connectivity index (χ0) is 25.3. The van der Waals surface area contributed by atoms with Gasteiger partial charge in [-0.1, -0.05) is 45.1 Å². The second kappa shape index (κ2) is 13.7. The van der Waals surface area contributed by atoms with Crippen LogP contribution in [0.5, 0.6) is 0 Å². The van der Waals surface area contributed by atoms with Gasteiger partial charge >= 0.3 is 5.97 Å². The van der Waals surface area contributed by atoms with Gasteiger partial charge in [0.2, 0.25) is 0 Å². The molecule has 0 spiro atoms. The number of rotatable bonds is 12. The molecule has 0 saturated carbocycles. The Bertz CT molecular complexity index is 735. The molecule has 7 heteroatoms. The molecule has 7 nitrogen and oxygen atoms in total. The highest BCUT2D eigenvalue weighted by atomic mass is 16.4. The van der Waals surface area contributed by atoms with E-state index in [-0.39, 0.29) is 17.4 Å². The summed E-state index contributed by atoms with van der Waals surface area (Å²) in [4.78, 5) is 10.8. The van der Waals surface area contributed by atoms with Crippen LogP contribution in [0.25, 0.3) is 0 Å². The van der Waals surface area contributed by atoms with Crippen molar-refractivity contribution in [2.45, 2.75) is 85.9 Å². The van der Waals surface area contributed by atoms with Crippen molar-refractivity contribution in [3.8, 4) is 0 Å². The van der Waals surface area contributed by atoms with Gasteiger partial charge in [-0.05, 0) is 56.9 Å². The third-order valence-corrected chi connectivity index (χ3v) is 5.94. The quantitative estimate of drug-likeness (QED) is 0.249. The summed E-state index contributed by atoms with van der Waals surface area (Å²) >= 11 is 0. The van der Waals surface area contributed by atoms with E-state index in [1.165, 1.54) is 13.0 Å². The summed E-state index contributed by atoms with van der Waals surface area (Å²) in [6, 6.07) is 0. The van der Waals surface area contributed by atoms with Gasteiger partial charge in [0.1, 0.15) is 6.10 Å². The van der Waals surface area contributed by atoms with Gasteiger partial charge in [-0.25, -0.2) is 4.79 Å². The molecule has 0 bridgehead atoms. The van der Waals surface area contributed by atoms with E-state index < -0.39 is 42.4 Å². The lowest BCUT2D eigenvalue weighted by molar-refractivity contribution is -0.151. The van der Waals surface area contributed by atoms with E-state index in [0.29, 0.717) is 5.57 Å². The van der Waals surface area contributed by atoms with Gasteiger partial charge in [-0.15, -0.1) is 0 Å². The summed E-state index contributed by atoms with van der Waals surface area (Å²) in [6.45, 7) is 14.2. The van der Waals surface area contributed by atoms with Gasteiger partial charge in [0.05, 0.1) is 18.3 Å².